The quantitative estimate of drug-likeness (QED) is 0.434. The van der Waals surface area contributed by atoms with Gasteiger partial charge in [-0.25, -0.2) is 4.79 Å². The number of esters is 2. The summed E-state index contributed by atoms with van der Waals surface area (Å²) in [5.74, 6) is -1.13. The van der Waals surface area contributed by atoms with E-state index < -0.39 is 30.1 Å². The van der Waals surface area contributed by atoms with E-state index in [1.807, 2.05) is 6.07 Å². The van der Waals surface area contributed by atoms with E-state index in [9.17, 15) is 14.7 Å². The van der Waals surface area contributed by atoms with Gasteiger partial charge in [-0.1, -0.05) is 18.2 Å². The van der Waals surface area contributed by atoms with Gasteiger partial charge in [-0.05, 0) is 54.9 Å². The molecule has 1 aromatic heterocycles. The number of para-hydroxylation sites is 1. The van der Waals surface area contributed by atoms with E-state index in [1.54, 1.807) is 0 Å². The standard InChI is InChI=1S/C31H36N2O8/c1-37-24-12-16(13-25(38-2)29(24)39-3)30(35)41-28-23(34)11-17-15-33-10-9-19-18-7-5-6-8-21(18)32-27(19)22(33)14-20(17)26(28)31(36)40-4/h5-8,12-13,17,20,22-23,26,28,32,34H,9-11,14-15H2,1-4H3/t17-,20+,22+,23-,26+,28+/m1/s1. The smallest absolute Gasteiger partial charge is 0.338 e. The average Bonchev–Trinajstić information content (AvgIpc) is 3.38. The highest BCUT2D eigenvalue weighted by Gasteiger charge is 2.54. The monoisotopic (exact) mass is 564 g/mol. The third-order valence-electron chi connectivity index (χ3n) is 9.20. The molecular formula is C31H36N2O8. The molecule has 6 atom stereocenters. The second-order valence-electron chi connectivity index (χ2n) is 11.1. The number of aromatic amines is 1. The van der Waals surface area contributed by atoms with Crippen LogP contribution in [0, 0.1) is 17.8 Å². The largest absolute Gasteiger partial charge is 0.493 e. The summed E-state index contributed by atoms with van der Waals surface area (Å²) >= 11 is 0. The van der Waals surface area contributed by atoms with Gasteiger partial charge in [0.1, 0.15) is 6.10 Å². The second-order valence-corrected chi connectivity index (χ2v) is 11.1. The highest BCUT2D eigenvalue weighted by Crippen LogP contribution is 2.50. The summed E-state index contributed by atoms with van der Waals surface area (Å²) in [7, 11) is 5.73. The number of hydrogen-bond acceptors (Lipinski definition) is 9. The van der Waals surface area contributed by atoms with Crippen LogP contribution in [0.3, 0.4) is 0 Å². The van der Waals surface area contributed by atoms with Crippen LogP contribution < -0.4 is 14.2 Å². The maximum Gasteiger partial charge on any atom is 0.338 e. The van der Waals surface area contributed by atoms with E-state index in [-0.39, 0.29) is 23.4 Å². The van der Waals surface area contributed by atoms with E-state index in [2.05, 4.69) is 28.1 Å². The van der Waals surface area contributed by atoms with Gasteiger partial charge in [-0.15, -0.1) is 0 Å². The van der Waals surface area contributed by atoms with Crippen molar-refractivity contribution in [2.45, 2.75) is 37.5 Å². The molecule has 218 valence electrons. The molecule has 2 fully saturated rings. The summed E-state index contributed by atoms with van der Waals surface area (Å²) in [4.78, 5) is 32.9. The van der Waals surface area contributed by atoms with Crippen LogP contribution in [0.25, 0.3) is 10.9 Å². The number of aliphatic hydroxyl groups excluding tert-OH is 1. The lowest BCUT2D eigenvalue weighted by Crippen LogP contribution is -2.58. The number of carbonyl (C=O) groups excluding carboxylic acids is 2. The van der Waals surface area contributed by atoms with Crippen LogP contribution in [-0.4, -0.2) is 80.7 Å². The lowest BCUT2D eigenvalue weighted by atomic mass is 9.64. The van der Waals surface area contributed by atoms with Crippen molar-refractivity contribution in [2.24, 2.45) is 17.8 Å². The van der Waals surface area contributed by atoms with Gasteiger partial charge in [0.15, 0.2) is 11.5 Å². The zero-order valence-electron chi connectivity index (χ0n) is 23.7. The Kier molecular flexibility index (Phi) is 7.29. The summed E-state index contributed by atoms with van der Waals surface area (Å²) in [5.41, 5.74) is 3.79. The molecule has 0 bridgehead atoms. The summed E-state index contributed by atoms with van der Waals surface area (Å²) < 4.78 is 27.3. The molecule has 10 nitrogen and oxygen atoms in total. The number of fused-ring (bicyclic) bond motifs is 6. The van der Waals surface area contributed by atoms with Crippen molar-refractivity contribution >= 4 is 22.8 Å². The first-order valence-electron chi connectivity index (χ1n) is 14.0. The fourth-order valence-electron chi connectivity index (χ4n) is 7.34. The van der Waals surface area contributed by atoms with Crippen LogP contribution in [0.15, 0.2) is 36.4 Å². The first kappa shape index (κ1) is 27.4. The van der Waals surface area contributed by atoms with Crippen LogP contribution in [0.5, 0.6) is 17.2 Å². The lowest BCUT2D eigenvalue weighted by molar-refractivity contribution is -0.172. The molecule has 1 saturated carbocycles. The Morgan fingerprint density at radius 1 is 1.00 bits per heavy atom. The zero-order valence-corrected chi connectivity index (χ0v) is 23.7. The van der Waals surface area contributed by atoms with Gasteiger partial charge < -0.3 is 33.8 Å². The summed E-state index contributed by atoms with van der Waals surface area (Å²) in [6.45, 7) is 1.67. The number of aliphatic hydroxyl groups is 1. The van der Waals surface area contributed by atoms with E-state index in [0.29, 0.717) is 30.1 Å². The van der Waals surface area contributed by atoms with Crippen molar-refractivity contribution in [1.29, 1.82) is 0 Å². The molecule has 2 N–H and O–H groups in total. The van der Waals surface area contributed by atoms with Gasteiger partial charge in [0.2, 0.25) is 5.75 Å². The number of nitrogens with one attached hydrogen (secondary N) is 1. The van der Waals surface area contributed by atoms with Crippen LogP contribution in [-0.2, 0) is 20.7 Å². The number of H-pyrrole nitrogens is 1. The Balaban J connectivity index is 1.31. The molecule has 3 aliphatic rings. The summed E-state index contributed by atoms with van der Waals surface area (Å²) in [6, 6.07) is 11.4. The predicted molar refractivity (Wildman–Crippen MR) is 149 cm³/mol. The molecule has 41 heavy (non-hydrogen) atoms. The van der Waals surface area contributed by atoms with Crippen LogP contribution in [0.2, 0.25) is 0 Å². The van der Waals surface area contributed by atoms with Crippen LogP contribution in [0.1, 0.15) is 40.5 Å². The van der Waals surface area contributed by atoms with Crippen molar-refractivity contribution < 1.29 is 38.4 Å². The summed E-state index contributed by atoms with van der Waals surface area (Å²) in [5, 5.41) is 12.5. The van der Waals surface area contributed by atoms with E-state index >= 15 is 0 Å². The molecule has 2 aliphatic heterocycles. The first-order chi connectivity index (χ1) is 19.9. The Morgan fingerprint density at radius 3 is 2.41 bits per heavy atom. The topological polar surface area (TPSA) is 120 Å². The number of aromatic nitrogens is 1. The van der Waals surface area contributed by atoms with Gasteiger partial charge in [-0.3, -0.25) is 9.69 Å². The average molecular weight is 565 g/mol. The number of carbonyl (C=O) groups is 2. The Morgan fingerprint density at radius 2 is 1.73 bits per heavy atom. The molecule has 0 unspecified atom stereocenters. The molecule has 6 rings (SSSR count). The second kappa shape index (κ2) is 10.9. The number of benzene rings is 2. The fraction of sp³-hybridized carbons (Fsp3) is 0.484. The van der Waals surface area contributed by atoms with Gasteiger partial charge >= 0.3 is 11.9 Å². The number of rotatable bonds is 6. The van der Waals surface area contributed by atoms with Gasteiger partial charge in [-0.2, -0.15) is 0 Å². The third-order valence-corrected chi connectivity index (χ3v) is 9.20. The number of hydrogen-bond donors (Lipinski definition) is 2. The number of piperidine rings is 1. The minimum atomic E-state index is -1.06. The predicted octanol–water partition coefficient (Wildman–Crippen LogP) is 3.51. The van der Waals surface area contributed by atoms with Gasteiger partial charge in [0, 0.05) is 29.7 Å². The molecule has 0 spiro atoms. The number of nitrogens with zero attached hydrogens (tertiary/aromatic N) is 1. The molecule has 2 aromatic carbocycles. The van der Waals surface area contributed by atoms with E-state index in [0.717, 1.165) is 25.0 Å². The lowest BCUT2D eigenvalue weighted by Gasteiger charge is -2.52. The molecule has 1 saturated heterocycles. The zero-order chi connectivity index (χ0) is 28.8. The van der Waals surface area contributed by atoms with Gasteiger partial charge in [0.25, 0.3) is 0 Å². The minimum absolute atomic E-state index is 0.0624. The normalized spacial score (nSPS) is 27.2. The SMILES string of the molecule is COC(=O)[C@H]1[C@H]2C[C@H]3c4[nH]c5ccccc5c4CCN3C[C@H]2C[C@@H](O)[C@@H]1OC(=O)c1cc(OC)c(OC)c(OC)c1. The number of ether oxygens (including phenoxy) is 5. The van der Waals surface area contributed by atoms with Crippen molar-refractivity contribution in [2.75, 3.05) is 41.5 Å². The maximum atomic E-state index is 13.5. The molecular weight excluding hydrogens is 528 g/mol. The highest BCUT2D eigenvalue weighted by atomic mass is 16.6. The number of methoxy groups -OCH3 is 4. The van der Waals surface area contributed by atoms with E-state index in [1.165, 1.54) is 57.2 Å². The highest BCUT2D eigenvalue weighted by molar-refractivity contribution is 5.91. The van der Waals surface area contributed by atoms with Crippen LogP contribution >= 0.6 is 0 Å². The molecule has 3 aromatic rings. The fourth-order valence-corrected chi connectivity index (χ4v) is 7.34. The Hall–Kier alpha value is -3.76. The first-order valence-corrected chi connectivity index (χ1v) is 14.0. The van der Waals surface area contributed by atoms with Crippen molar-refractivity contribution in [3.05, 3.63) is 53.2 Å². The van der Waals surface area contributed by atoms with Crippen LogP contribution in [0.4, 0.5) is 0 Å². The van der Waals surface area contributed by atoms with Crippen molar-refractivity contribution in [3.63, 3.8) is 0 Å². The molecule has 10 heteroatoms. The molecule has 3 heterocycles. The third kappa shape index (κ3) is 4.59. The minimum Gasteiger partial charge on any atom is -0.493 e. The summed E-state index contributed by atoms with van der Waals surface area (Å²) in [6.07, 6.45) is -0.0156. The Bertz CT molecular complexity index is 1440. The molecule has 1 aliphatic carbocycles. The Labute approximate surface area is 238 Å². The maximum absolute atomic E-state index is 13.5. The molecule has 0 radical (unpaired) electrons. The van der Waals surface area contributed by atoms with E-state index in [4.69, 9.17) is 23.7 Å². The van der Waals surface area contributed by atoms with Gasteiger partial charge in [0.05, 0.1) is 52.1 Å². The van der Waals surface area contributed by atoms with Crippen molar-refractivity contribution in [1.82, 2.24) is 9.88 Å². The molecule has 0 amide bonds. The van der Waals surface area contributed by atoms with Crippen molar-refractivity contribution in [3.8, 4) is 17.2 Å².